The first-order chi connectivity index (χ1) is 6.49. The second kappa shape index (κ2) is 3.99. The van der Waals surface area contributed by atoms with Crippen LogP contribution in [-0.4, -0.2) is 11.1 Å². The molecule has 0 aromatic heterocycles. The molecular weight excluding hydrogens is 176 g/mol. The van der Waals surface area contributed by atoms with E-state index in [1.807, 2.05) is 13.0 Å². The average Bonchev–Trinajstić information content (AvgIpc) is 2.44. The maximum atomic E-state index is 10.8. The van der Waals surface area contributed by atoms with E-state index in [2.05, 4.69) is 13.5 Å². The number of hydrogen-bond donors (Lipinski definition) is 1. The highest BCUT2D eigenvalue weighted by molar-refractivity contribution is 5.68. The summed E-state index contributed by atoms with van der Waals surface area (Å²) >= 11 is 0. The summed E-state index contributed by atoms with van der Waals surface area (Å²) in [6, 6.07) is 0. The van der Waals surface area contributed by atoms with E-state index in [-0.39, 0.29) is 11.8 Å². The summed E-state index contributed by atoms with van der Waals surface area (Å²) in [5, 5.41) is 8.86. The number of carboxylic acid groups (broad SMARTS) is 1. The van der Waals surface area contributed by atoms with Crippen molar-refractivity contribution in [1.29, 1.82) is 0 Å². The van der Waals surface area contributed by atoms with Gasteiger partial charge in [0.05, 0.1) is 6.42 Å². The molecule has 1 aliphatic carbocycles. The Kier molecular flexibility index (Phi) is 3.14. The van der Waals surface area contributed by atoms with Gasteiger partial charge in [-0.15, -0.1) is 0 Å². The largest absolute Gasteiger partial charge is 0.481 e. The molecule has 1 saturated carbocycles. The van der Waals surface area contributed by atoms with Crippen LogP contribution in [0.5, 0.6) is 0 Å². The lowest BCUT2D eigenvalue weighted by atomic mass is 9.79. The lowest BCUT2D eigenvalue weighted by Gasteiger charge is -2.25. The molecule has 1 rings (SSSR count). The lowest BCUT2D eigenvalue weighted by molar-refractivity contribution is -0.138. The first-order valence-corrected chi connectivity index (χ1v) is 5.04. The van der Waals surface area contributed by atoms with Crippen molar-refractivity contribution in [2.24, 2.45) is 5.41 Å². The molecule has 0 amide bonds. The van der Waals surface area contributed by atoms with E-state index in [0.717, 1.165) is 24.8 Å². The molecule has 0 aromatic rings. The zero-order valence-electron chi connectivity index (χ0n) is 8.97. The molecular formula is C12H18O2. The lowest BCUT2D eigenvalue weighted by Crippen LogP contribution is -2.19. The molecule has 1 aliphatic rings. The van der Waals surface area contributed by atoms with Crippen molar-refractivity contribution < 1.29 is 9.90 Å². The Bertz CT molecular complexity index is 289. The van der Waals surface area contributed by atoms with Crippen LogP contribution in [0, 0.1) is 5.41 Å². The van der Waals surface area contributed by atoms with E-state index >= 15 is 0 Å². The van der Waals surface area contributed by atoms with E-state index in [9.17, 15) is 4.79 Å². The fourth-order valence-corrected chi connectivity index (χ4v) is 2.43. The zero-order valence-corrected chi connectivity index (χ0v) is 8.97. The Hall–Kier alpha value is -1.05. The summed E-state index contributed by atoms with van der Waals surface area (Å²) < 4.78 is 0. The number of aliphatic carboxylic acids is 1. The quantitative estimate of drug-likeness (QED) is 0.749. The van der Waals surface area contributed by atoms with Crippen LogP contribution in [0.4, 0.5) is 0 Å². The highest BCUT2D eigenvalue weighted by Crippen LogP contribution is 2.46. The monoisotopic (exact) mass is 194 g/mol. The van der Waals surface area contributed by atoms with E-state index in [0.29, 0.717) is 0 Å². The van der Waals surface area contributed by atoms with E-state index < -0.39 is 5.97 Å². The van der Waals surface area contributed by atoms with E-state index in [1.165, 1.54) is 5.57 Å². The van der Waals surface area contributed by atoms with Gasteiger partial charge in [-0.2, -0.15) is 0 Å². The molecule has 14 heavy (non-hydrogen) atoms. The molecule has 1 atom stereocenters. The number of hydrogen-bond acceptors (Lipinski definition) is 1. The molecule has 1 unspecified atom stereocenters. The van der Waals surface area contributed by atoms with Crippen LogP contribution in [0.3, 0.4) is 0 Å². The summed E-state index contributed by atoms with van der Waals surface area (Å²) in [4.78, 5) is 10.8. The van der Waals surface area contributed by atoms with Gasteiger partial charge in [-0.25, -0.2) is 0 Å². The van der Waals surface area contributed by atoms with Gasteiger partial charge in [0, 0.05) is 0 Å². The second-order valence-electron chi connectivity index (χ2n) is 4.35. The molecule has 2 nitrogen and oxygen atoms in total. The molecule has 1 N–H and O–H groups in total. The van der Waals surface area contributed by atoms with Gasteiger partial charge >= 0.3 is 5.97 Å². The summed E-state index contributed by atoms with van der Waals surface area (Å²) in [5.41, 5.74) is 2.31. The van der Waals surface area contributed by atoms with Crippen LogP contribution in [0.15, 0.2) is 23.8 Å². The third-order valence-electron chi connectivity index (χ3n) is 3.21. The Morgan fingerprint density at radius 3 is 2.86 bits per heavy atom. The van der Waals surface area contributed by atoms with Crippen molar-refractivity contribution in [2.75, 3.05) is 0 Å². The molecule has 0 heterocycles. The molecule has 0 aliphatic heterocycles. The Labute approximate surface area is 85.3 Å². The second-order valence-corrected chi connectivity index (χ2v) is 4.35. The van der Waals surface area contributed by atoms with Gasteiger partial charge in [-0.05, 0) is 31.6 Å². The van der Waals surface area contributed by atoms with Crippen LogP contribution < -0.4 is 0 Å². The fraction of sp³-hybridized carbons (Fsp3) is 0.583. The van der Waals surface area contributed by atoms with Crippen molar-refractivity contribution in [3.05, 3.63) is 23.8 Å². The van der Waals surface area contributed by atoms with Crippen LogP contribution >= 0.6 is 0 Å². The predicted molar refractivity (Wildman–Crippen MR) is 57.1 cm³/mol. The van der Waals surface area contributed by atoms with Crippen LogP contribution in [0.1, 0.15) is 39.5 Å². The maximum absolute atomic E-state index is 10.8. The van der Waals surface area contributed by atoms with Crippen molar-refractivity contribution >= 4 is 5.97 Å². The Morgan fingerprint density at radius 1 is 1.71 bits per heavy atom. The Morgan fingerprint density at radius 2 is 2.36 bits per heavy atom. The molecule has 0 radical (unpaired) electrons. The van der Waals surface area contributed by atoms with Crippen LogP contribution in [0.2, 0.25) is 0 Å². The van der Waals surface area contributed by atoms with E-state index in [1.54, 1.807) is 0 Å². The van der Waals surface area contributed by atoms with Gasteiger partial charge in [-0.1, -0.05) is 30.7 Å². The third-order valence-corrected chi connectivity index (χ3v) is 3.21. The van der Waals surface area contributed by atoms with Crippen LogP contribution in [-0.2, 0) is 4.79 Å². The maximum Gasteiger partial charge on any atom is 0.304 e. The van der Waals surface area contributed by atoms with Crippen LogP contribution in [0.25, 0.3) is 0 Å². The molecule has 2 heteroatoms. The molecule has 0 saturated heterocycles. The number of allylic oxidation sites excluding steroid dienone is 3. The molecule has 0 spiro atoms. The van der Waals surface area contributed by atoms with Crippen molar-refractivity contribution in [2.45, 2.75) is 39.5 Å². The van der Waals surface area contributed by atoms with Gasteiger partial charge in [0.25, 0.3) is 0 Å². The van der Waals surface area contributed by atoms with Crippen molar-refractivity contribution in [3.63, 3.8) is 0 Å². The highest BCUT2D eigenvalue weighted by atomic mass is 16.4. The van der Waals surface area contributed by atoms with Gasteiger partial charge < -0.3 is 5.11 Å². The molecule has 1 fully saturated rings. The smallest absolute Gasteiger partial charge is 0.304 e. The normalized spacial score (nSPS) is 30.1. The third kappa shape index (κ3) is 2.06. The average molecular weight is 194 g/mol. The van der Waals surface area contributed by atoms with Gasteiger partial charge in [0.15, 0.2) is 0 Å². The highest BCUT2D eigenvalue weighted by Gasteiger charge is 2.36. The fourth-order valence-electron chi connectivity index (χ4n) is 2.43. The topological polar surface area (TPSA) is 37.3 Å². The summed E-state index contributed by atoms with van der Waals surface area (Å²) in [5.74, 6) is -0.705. The molecule has 0 aromatic carbocycles. The first-order valence-electron chi connectivity index (χ1n) is 5.04. The van der Waals surface area contributed by atoms with Gasteiger partial charge in [0.1, 0.15) is 0 Å². The molecule has 78 valence electrons. The first kappa shape index (κ1) is 11.0. The van der Waals surface area contributed by atoms with Crippen molar-refractivity contribution in [3.8, 4) is 0 Å². The van der Waals surface area contributed by atoms with Gasteiger partial charge in [0.2, 0.25) is 0 Å². The predicted octanol–water partition coefficient (Wildman–Crippen LogP) is 3.15. The summed E-state index contributed by atoms with van der Waals surface area (Å²) in [7, 11) is 0. The summed E-state index contributed by atoms with van der Waals surface area (Å²) in [6.07, 6.45) is 5.19. The molecule has 0 bridgehead atoms. The minimum atomic E-state index is -0.705. The van der Waals surface area contributed by atoms with E-state index in [4.69, 9.17) is 5.11 Å². The Balaban J connectivity index is 2.97. The minimum absolute atomic E-state index is 0.135. The SMILES string of the molecule is C=C/C(C)=C1/CCCC1(C)CC(=O)O. The minimum Gasteiger partial charge on any atom is -0.481 e. The zero-order chi connectivity index (χ0) is 10.8. The summed E-state index contributed by atoms with van der Waals surface area (Å²) in [6.45, 7) is 7.82. The van der Waals surface area contributed by atoms with Gasteiger partial charge in [-0.3, -0.25) is 4.79 Å². The number of carboxylic acids is 1. The number of rotatable bonds is 3. The standard InChI is InChI=1S/C12H18O2/c1-4-9(2)10-6-5-7-12(10,3)8-11(13)14/h4H,1,5-8H2,2-3H3,(H,13,14)/b10-9-. The van der Waals surface area contributed by atoms with Crippen molar-refractivity contribution in [1.82, 2.24) is 0 Å². The number of carbonyl (C=O) groups is 1.